The summed E-state index contributed by atoms with van der Waals surface area (Å²) in [5, 5.41) is 3.90. The van der Waals surface area contributed by atoms with Crippen LogP contribution in [0.2, 0.25) is 0 Å². The Morgan fingerprint density at radius 3 is 3.18 bits per heavy atom. The third kappa shape index (κ3) is 1.09. The second-order valence-electron chi connectivity index (χ2n) is 2.36. The first-order valence-corrected chi connectivity index (χ1v) is 3.34. The van der Waals surface area contributed by atoms with Crippen molar-refractivity contribution in [1.82, 2.24) is 5.32 Å². The Morgan fingerprint density at radius 2 is 2.27 bits per heavy atom. The van der Waals surface area contributed by atoms with E-state index in [1.807, 2.05) is 0 Å². The summed E-state index contributed by atoms with van der Waals surface area (Å²) in [6.07, 6.45) is 1.50. The molecule has 0 saturated carbocycles. The van der Waals surface area contributed by atoms with Gasteiger partial charge in [0.2, 0.25) is 0 Å². The average Bonchev–Trinajstić information content (AvgIpc) is 2.04. The van der Waals surface area contributed by atoms with Crippen molar-refractivity contribution in [2.45, 2.75) is 6.54 Å². The predicted octanol–water partition coefficient (Wildman–Crippen LogP) is 1.60. The fraction of sp³-hybridized carbons (Fsp3) is 0.125. The second kappa shape index (κ2) is 2.34. The highest BCUT2D eigenvalue weighted by atomic mass is 19.1. The summed E-state index contributed by atoms with van der Waals surface area (Å²) in [6, 6.07) is 4.53. The van der Waals surface area contributed by atoms with Crippen LogP contribution in [0, 0.1) is 5.82 Å². The topological polar surface area (TPSA) is 26.5 Å². The molecule has 2 nitrogen and oxygen atoms in total. The van der Waals surface area contributed by atoms with E-state index in [4.69, 9.17) is 0 Å². The number of rotatable bonds is 0. The van der Waals surface area contributed by atoms with Crippen LogP contribution in [0.15, 0.2) is 23.2 Å². The minimum atomic E-state index is -0.226. The standard InChI is InChI=1S/C8H6FN2/c9-7-1-2-8-6(3-7)4-10-5-11-8/h1-3,5H,4H2. The summed E-state index contributed by atoms with van der Waals surface area (Å²) in [6.45, 7) is 0.538. The van der Waals surface area contributed by atoms with Crippen molar-refractivity contribution in [3.05, 3.63) is 29.6 Å². The summed E-state index contributed by atoms with van der Waals surface area (Å²) in [7, 11) is 0. The molecule has 0 aromatic heterocycles. The number of halogens is 1. The van der Waals surface area contributed by atoms with Crippen LogP contribution in [0.1, 0.15) is 5.56 Å². The lowest BCUT2D eigenvalue weighted by atomic mass is 10.1. The highest BCUT2D eigenvalue weighted by molar-refractivity contribution is 5.66. The largest absolute Gasteiger partial charge is 0.269 e. The second-order valence-corrected chi connectivity index (χ2v) is 2.36. The molecular weight excluding hydrogens is 143 g/mol. The lowest BCUT2D eigenvalue weighted by molar-refractivity contribution is 0.624. The summed E-state index contributed by atoms with van der Waals surface area (Å²) in [5.74, 6) is -0.226. The van der Waals surface area contributed by atoms with Crippen molar-refractivity contribution in [2.75, 3.05) is 0 Å². The van der Waals surface area contributed by atoms with Crippen LogP contribution >= 0.6 is 0 Å². The molecular formula is C8H6FN2. The molecule has 0 saturated heterocycles. The summed E-state index contributed by atoms with van der Waals surface area (Å²) in [5.41, 5.74) is 1.67. The Morgan fingerprint density at radius 1 is 1.36 bits per heavy atom. The van der Waals surface area contributed by atoms with Crippen LogP contribution in [0.5, 0.6) is 0 Å². The van der Waals surface area contributed by atoms with E-state index in [0.717, 1.165) is 11.3 Å². The van der Waals surface area contributed by atoms with E-state index in [9.17, 15) is 4.39 Å². The van der Waals surface area contributed by atoms with Gasteiger partial charge in [0.15, 0.2) is 0 Å². The van der Waals surface area contributed by atoms with Gasteiger partial charge in [-0.2, -0.15) is 0 Å². The van der Waals surface area contributed by atoms with Gasteiger partial charge in [0.1, 0.15) is 12.2 Å². The predicted molar refractivity (Wildman–Crippen MR) is 40.4 cm³/mol. The average molecular weight is 149 g/mol. The van der Waals surface area contributed by atoms with Crippen LogP contribution in [-0.2, 0) is 6.54 Å². The van der Waals surface area contributed by atoms with E-state index in [-0.39, 0.29) is 5.82 Å². The molecule has 0 atom stereocenters. The molecule has 0 fully saturated rings. The van der Waals surface area contributed by atoms with Gasteiger partial charge in [-0.1, -0.05) is 0 Å². The zero-order valence-electron chi connectivity index (χ0n) is 5.79. The van der Waals surface area contributed by atoms with Crippen LogP contribution in [-0.4, -0.2) is 6.34 Å². The summed E-state index contributed by atoms with van der Waals surface area (Å²) < 4.78 is 12.6. The smallest absolute Gasteiger partial charge is 0.123 e. The van der Waals surface area contributed by atoms with Crippen molar-refractivity contribution >= 4 is 12.0 Å². The third-order valence-corrected chi connectivity index (χ3v) is 1.58. The fourth-order valence-corrected chi connectivity index (χ4v) is 1.05. The number of nitrogens with zero attached hydrogens (tertiary/aromatic N) is 2. The Balaban J connectivity index is 2.53. The molecule has 0 bridgehead atoms. The first-order chi connectivity index (χ1) is 5.36. The molecule has 1 aromatic carbocycles. The van der Waals surface area contributed by atoms with Crippen molar-refractivity contribution < 1.29 is 4.39 Å². The fourth-order valence-electron chi connectivity index (χ4n) is 1.05. The molecule has 55 valence electrons. The Labute approximate surface area is 63.8 Å². The molecule has 0 unspecified atom stereocenters. The number of fused-ring (bicyclic) bond motifs is 1. The Hall–Kier alpha value is -1.38. The Bertz CT molecular complexity index is 307. The quantitative estimate of drug-likeness (QED) is 0.535. The molecule has 0 spiro atoms. The molecule has 0 amide bonds. The van der Waals surface area contributed by atoms with Crippen LogP contribution in [0.4, 0.5) is 10.1 Å². The minimum absolute atomic E-state index is 0.226. The molecule has 1 aliphatic heterocycles. The van der Waals surface area contributed by atoms with Crippen LogP contribution in [0.25, 0.3) is 0 Å². The Kier molecular flexibility index (Phi) is 1.35. The number of hydrogen-bond acceptors (Lipinski definition) is 1. The molecule has 3 heteroatoms. The monoisotopic (exact) mass is 149 g/mol. The maximum Gasteiger partial charge on any atom is 0.123 e. The molecule has 11 heavy (non-hydrogen) atoms. The number of aliphatic imine (C=N–C) groups is 1. The van der Waals surface area contributed by atoms with Gasteiger partial charge in [0.05, 0.1) is 12.2 Å². The van der Waals surface area contributed by atoms with E-state index in [1.54, 1.807) is 6.07 Å². The van der Waals surface area contributed by atoms with E-state index in [2.05, 4.69) is 10.3 Å². The molecule has 1 aromatic rings. The summed E-state index contributed by atoms with van der Waals surface area (Å²) >= 11 is 0. The maximum absolute atomic E-state index is 12.6. The van der Waals surface area contributed by atoms with Gasteiger partial charge >= 0.3 is 0 Å². The summed E-state index contributed by atoms with van der Waals surface area (Å²) in [4.78, 5) is 3.98. The van der Waals surface area contributed by atoms with E-state index in [0.29, 0.717) is 6.54 Å². The molecule has 1 radical (unpaired) electrons. The number of benzene rings is 1. The maximum atomic E-state index is 12.6. The van der Waals surface area contributed by atoms with Gasteiger partial charge in [-0.05, 0) is 18.2 Å². The van der Waals surface area contributed by atoms with E-state index in [1.165, 1.54) is 18.5 Å². The van der Waals surface area contributed by atoms with Gasteiger partial charge in [0.25, 0.3) is 0 Å². The van der Waals surface area contributed by atoms with Crippen LogP contribution in [0.3, 0.4) is 0 Å². The highest BCUT2D eigenvalue weighted by Crippen LogP contribution is 2.21. The first-order valence-electron chi connectivity index (χ1n) is 3.34. The van der Waals surface area contributed by atoms with Gasteiger partial charge < -0.3 is 0 Å². The van der Waals surface area contributed by atoms with Crippen LogP contribution < -0.4 is 5.32 Å². The molecule has 1 heterocycles. The van der Waals surface area contributed by atoms with Gasteiger partial charge in [-0.25, -0.2) is 9.38 Å². The zero-order valence-corrected chi connectivity index (χ0v) is 5.79. The third-order valence-electron chi connectivity index (χ3n) is 1.58. The van der Waals surface area contributed by atoms with Crippen molar-refractivity contribution in [1.29, 1.82) is 0 Å². The van der Waals surface area contributed by atoms with E-state index >= 15 is 0 Å². The highest BCUT2D eigenvalue weighted by Gasteiger charge is 2.05. The van der Waals surface area contributed by atoms with Gasteiger partial charge in [-0.3, -0.25) is 5.32 Å². The zero-order chi connectivity index (χ0) is 7.68. The van der Waals surface area contributed by atoms with Crippen molar-refractivity contribution in [3.63, 3.8) is 0 Å². The molecule has 2 rings (SSSR count). The minimum Gasteiger partial charge on any atom is -0.269 e. The molecule has 0 N–H and O–H groups in total. The molecule has 1 aliphatic rings. The van der Waals surface area contributed by atoms with Gasteiger partial charge in [0, 0.05) is 5.56 Å². The van der Waals surface area contributed by atoms with Crippen molar-refractivity contribution in [3.8, 4) is 0 Å². The van der Waals surface area contributed by atoms with Gasteiger partial charge in [-0.15, -0.1) is 0 Å². The van der Waals surface area contributed by atoms with Crippen molar-refractivity contribution in [2.24, 2.45) is 4.99 Å². The lowest BCUT2D eigenvalue weighted by Crippen LogP contribution is -2.06. The molecule has 0 aliphatic carbocycles. The number of hydrogen-bond donors (Lipinski definition) is 0. The normalized spacial score (nSPS) is 13.9. The first kappa shape index (κ1) is 6.34. The van der Waals surface area contributed by atoms with E-state index < -0.39 is 0 Å². The lowest BCUT2D eigenvalue weighted by Gasteiger charge is -2.07. The SMILES string of the molecule is Fc1ccc2c(c1)C[N]C=N2.